The quantitative estimate of drug-likeness (QED) is 0.115. The SMILES string of the molecule is CC=[N+](c1ccccn1)c1c(C(C)C)cc(-c2cc(C(C)C)cc(-c3cc(C(C)C)c([N+](=CC)c4ccccn4)c(C(C)C)c3)c2C)cc1C(C)C.[Cl-].[Cl-].[Cl-].[Cl-].[Ni].[Ni]. The monoisotopic (exact) mass is 948 g/mol. The van der Waals surface area contributed by atoms with Crippen LogP contribution in [-0.2, 0) is 33.0 Å². The smallest absolute Gasteiger partial charge is 0.327 e. The molecule has 2 aromatic heterocycles. The van der Waals surface area contributed by atoms with Crippen molar-refractivity contribution in [2.24, 2.45) is 0 Å². The first-order valence-corrected chi connectivity index (χ1v) is 19.3. The summed E-state index contributed by atoms with van der Waals surface area (Å²) in [5.74, 6) is 3.53. The van der Waals surface area contributed by atoms with Gasteiger partial charge in [0.2, 0.25) is 0 Å². The summed E-state index contributed by atoms with van der Waals surface area (Å²) >= 11 is 0. The molecule has 0 aliphatic carbocycles. The van der Waals surface area contributed by atoms with Crippen LogP contribution in [0.4, 0.5) is 23.0 Å². The van der Waals surface area contributed by atoms with Crippen molar-refractivity contribution in [1.82, 2.24) is 19.1 Å². The fourth-order valence-electron chi connectivity index (χ4n) is 7.40. The van der Waals surface area contributed by atoms with Gasteiger partial charge in [0.15, 0.2) is 0 Å². The topological polar surface area (TPSA) is 31.8 Å². The minimum Gasteiger partial charge on any atom is -1.00 e. The maximum Gasteiger partial charge on any atom is 0.327 e. The maximum atomic E-state index is 4.76. The second-order valence-corrected chi connectivity index (χ2v) is 15.7. The zero-order valence-electron chi connectivity index (χ0n) is 36.1. The van der Waals surface area contributed by atoms with E-state index in [1.807, 2.05) is 24.5 Å². The van der Waals surface area contributed by atoms with Gasteiger partial charge in [-0.1, -0.05) is 93.5 Å². The molecule has 0 N–H and O–H groups in total. The minimum absolute atomic E-state index is 0. The van der Waals surface area contributed by atoms with Gasteiger partial charge in [-0.25, -0.2) is 9.15 Å². The molecule has 4 nitrogen and oxygen atoms in total. The van der Waals surface area contributed by atoms with Crippen LogP contribution in [0.25, 0.3) is 22.3 Å². The largest absolute Gasteiger partial charge is 1.00 e. The number of aromatic nitrogens is 2. The summed E-state index contributed by atoms with van der Waals surface area (Å²) in [6, 6.07) is 27.0. The third kappa shape index (κ3) is 12.3. The number of halogens is 4. The van der Waals surface area contributed by atoms with E-state index in [0.29, 0.717) is 29.6 Å². The number of rotatable bonds is 11. The van der Waals surface area contributed by atoms with Crippen molar-refractivity contribution in [3.63, 3.8) is 0 Å². The minimum atomic E-state index is 0. The number of pyridine rings is 2. The number of benzene rings is 3. The number of hydrogen-bond donors (Lipinski definition) is 0. The molecule has 0 amide bonds. The third-order valence-corrected chi connectivity index (χ3v) is 10.3. The van der Waals surface area contributed by atoms with Crippen LogP contribution in [0.1, 0.15) is 146 Å². The van der Waals surface area contributed by atoms with Crippen molar-refractivity contribution in [3.8, 4) is 22.3 Å². The first kappa shape index (κ1) is 57.5. The van der Waals surface area contributed by atoms with Crippen LogP contribution in [0.3, 0.4) is 0 Å². The van der Waals surface area contributed by atoms with Gasteiger partial charge in [0.1, 0.15) is 23.8 Å². The van der Waals surface area contributed by atoms with Crippen molar-refractivity contribution in [3.05, 3.63) is 119 Å². The van der Waals surface area contributed by atoms with Crippen LogP contribution >= 0.6 is 0 Å². The second kappa shape index (κ2) is 25.3. The summed E-state index contributed by atoms with van der Waals surface area (Å²) in [5, 5.41) is 0. The van der Waals surface area contributed by atoms with E-state index in [1.165, 1.54) is 67.0 Å². The van der Waals surface area contributed by atoms with Crippen LogP contribution < -0.4 is 58.8 Å². The van der Waals surface area contributed by atoms with E-state index in [1.54, 1.807) is 0 Å². The molecule has 0 saturated heterocycles. The molecule has 0 unspecified atom stereocenters. The molecular weight excluding hydrogens is 892 g/mol. The second-order valence-electron chi connectivity index (χ2n) is 15.7. The maximum absolute atomic E-state index is 4.76. The Morgan fingerprint density at radius 2 is 0.776 bits per heavy atom. The molecule has 5 aromatic rings. The van der Waals surface area contributed by atoms with Crippen LogP contribution in [0, 0.1) is 6.92 Å². The van der Waals surface area contributed by atoms with Crippen molar-refractivity contribution in [2.75, 3.05) is 0 Å². The average molecular weight is 952 g/mol. The average Bonchev–Trinajstić information content (AvgIpc) is 3.12. The molecule has 3 aromatic carbocycles. The summed E-state index contributed by atoms with van der Waals surface area (Å²) in [7, 11) is 0. The van der Waals surface area contributed by atoms with Crippen molar-refractivity contribution in [2.45, 2.75) is 120 Å². The van der Waals surface area contributed by atoms with Crippen molar-refractivity contribution >= 4 is 35.4 Å². The van der Waals surface area contributed by atoms with Crippen LogP contribution in [0.2, 0.25) is 0 Å². The number of hydrogen-bond acceptors (Lipinski definition) is 2. The van der Waals surface area contributed by atoms with E-state index in [2.05, 4.69) is 172 Å². The molecule has 58 heavy (non-hydrogen) atoms. The van der Waals surface area contributed by atoms with E-state index in [4.69, 9.17) is 9.97 Å². The van der Waals surface area contributed by atoms with Gasteiger partial charge in [0.05, 0.1) is 12.4 Å². The summed E-state index contributed by atoms with van der Waals surface area (Å²) < 4.78 is 4.56. The molecule has 0 aliphatic heterocycles. The van der Waals surface area contributed by atoms with E-state index in [0.717, 1.165) is 11.6 Å². The Labute approximate surface area is 394 Å². The van der Waals surface area contributed by atoms with E-state index >= 15 is 0 Å². The molecule has 0 fully saturated rings. The Hall–Kier alpha value is -2.55. The molecule has 2 heterocycles. The molecule has 322 valence electrons. The zero-order valence-corrected chi connectivity index (χ0v) is 41.1. The summed E-state index contributed by atoms with van der Waals surface area (Å²) in [6.45, 7) is 29.7. The molecular formula is C48H60Cl4N4Ni2-2. The molecule has 0 radical (unpaired) electrons. The Balaban J connectivity index is 0. The Morgan fingerprint density at radius 1 is 0.466 bits per heavy atom. The van der Waals surface area contributed by atoms with E-state index in [-0.39, 0.29) is 82.6 Å². The van der Waals surface area contributed by atoms with Gasteiger partial charge >= 0.3 is 11.6 Å². The molecule has 0 spiro atoms. The number of nitrogens with zero attached hydrogens (tertiary/aromatic N) is 4. The molecule has 0 saturated carbocycles. The van der Waals surface area contributed by atoms with Gasteiger partial charge in [0.25, 0.3) is 0 Å². The normalized spacial score (nSPS) is 11.3. The fraction of sp³-hybridized carbons (Fsp3) is 0.375. The molecule has 10 heteroatoms. The Kier molecular flexibility index (Phi) is 25.1. The predicted molar refractivity (Wildman–Crippen MR) is 227 cm³/mol. The van der Waals surface area contributed by atoms with Gasteiger partial charge in [-0.15, -0.1) is 0 Å². The summed E-state index contributed by atoms with van der Waals surface area (Å²) in [6.07, 6.45) is 8.08. The van der Waals surface area contributed by atoms with Crippen LogP contribution in [0.5, 0.6) is 0 Å². The molecule has 5 rings (SSSR count). The van der Waals surface area contributed by atoms with Gasteiger partial charge < -0.3 is 49.6 Å². The van der Waals surface area contributed by atoms with Gasteiger partial charge in [-0.3, -0.25) is 0 Å². The first-order chi connectivity index (χ1) is 24.8. The van der Waals surface area contributed by atoms with Crippen molar-refractivity contribution in [1.29, 1.82) is 0 Å². The van der Waals surface area contributed by atoms with E-state index in [9.17, 15) is 0 Å². The standard InChI is InChI=1S/C48H60N4.4ClH.2Ni/c1-14-51(45-20-16-18-22-49-45)47-39(31(5)6)26-37(27-40(47)32(7)8)43-24-36(30(3)4)25-44(35(43)13)38-28-41(33(9)10)48(42(29-38)34(11)12)52(15-2)46-21-17-19-23-50-46;;;;;;/h14-34H,1-13H3;4*1H;;/q+2;;;;;;/p-4. The van der Waals surface area contributed by atoms with Crippen LogP contribution in [-0.4, -0.2) is 22.4 Å². The first-order valence-electron chi connectivity index (χ1n) is 19.3. The fourth-order valence-corrected chi connectivity index (χ4v) is 7.40. The predicted octanol–water partition coefficient (Wildman–Crippen LogP) is 1.60. The van der Waals surface area contributed by atoms with Gasteiger partial charge in [0, 0.05) is 67.4 Å². The Morgan fingerprint density at radius 3 is 1.00 bits per heavy atom. The van der Waals surface area contributed by atoms with Crippen molar-refractivity contribution < 1.29 is 82.6 Å². The van der Waals surface area contributed by atoms with Crippen LogP contribution in [0.15, 0.2) is 85.2 Å². The van der Waals surface area contributed by atoms with Gasteiger partial charge in [-0.2, -0.15) is 0 Å². The third-order valence-electron chi connectivity index (χ3n) is 10.3. The molecule has 0 atom stereocenters. The summed E-state index contributed by atoms with van der Waals surface area (Å²) in [5.41, 5.74) is 15.7. The van der Waals surface area contributed by atoms with E-state index < -0.39 is 0 Å². The zero-order chi connectivity index (χ0) is 37.9. The molecule has 0 bridgehead atoms. The Bertz CT molecular complexity index is 1910. The summed E-state index contributed by atoms with van der Waals surface area (Å²) in [4.78, 5) is 9.53. The van der Waals surface area contributed by atoms with Gasteiger partial charge in [-0.05, 0) is 130 Å². The molecule has 0 aliphatic rings.